The number of aryl methyl sites for hydroxylation is 5. The number of rotatable bonds is 7. The molecule has 3 rings (SSSR count). The number of aliphatic hydroxyl groups is 1. The van der Waals surface area contributed by atoms with Gasteiger partial charge < -0.3 is 19.1 Å². The average Bonchev–Trinajstić information content (AvgIpc) is 3.17. The first kappa shape index (κ1) is 22.6. The number of benzene rings is 1. The van der Waals surface area contributed by atoms with Crippen molar-refractivity contribution in [1.29, 1.82) is 0 Å². The molecule has 0 amide bonds. The standard InChI is InChI=1S/C23H29N3O5/c1-13-9-10-17-16(8-7-11-31-15(3)28)22(23(29)30-6)25(4)21(17)19(13)20-14(2)24-26(5)18(20)12-27/h9-10,27H,7-8,11-12H2,1-6H3. The number of aromatic nitrogens is 3. The van der Waals surface area contributed by atoms with E-state index in [1.807, 2.05) is 44.6 Å². The van der Waals surface area contributed by atoms with Gasteiger partial charge in [0, 0.05) is 37.5 Å². The molecule has 3 aromatic rings. The van der Waals surface area contributed by atoms with Gasteiger partial charge in [0.15, 0.2) is 0 Å². The highest BCUT2D eigenvalue weighted by atomic mass is 16.5. The van der Waals surface area contributed by atoms with Crippen molar-refractivity contribution in [1.82, 2.24) is 14.3 Å². The van der Waals surface area contributed by atoms with E-state index < -0.39 is 5.97 Å². The number of esters is 2. The third kappa shape index (κ3) is 3.95. The minimum atomic E-state index is -0.421. The van der Waals surface area contributed by atoms with Crippen molar-refractivity contribution in [2.45, 2.75) is 40.2 Å². The van der Waals surface area contributed by atoms with Gasteiger partial charge >= 0.3 is 11.9 Å². The summed E-state index contributed by atoms with van der Waals surface area (Å²) in [7, 11) is 5.02. The Kier molecular flexibility index (Phi) is 6.50. The van der Waals surface area contributed by atoms with Crippen LogP contribution < -0.4 is 0 Å². The molecule has 0 atom stereocenters. The lowest BCUT2D eigenvalue weighted by Gasteiger charge is -2.12. The van der Waals surface area contributed by atoms with Gasteiger partial charge in [-0.05, 0) is 37.8 Å². The summed E-state index contributed by atoms with van der Waals surface area (Å²) in [6.45, 7) is 5.43. The number of hydrogen-bond donors (Lipinski definition) is 1. The SMILES string of the molecule is COC(=O)c1c(CCCOC(C)=O)c2ccc(C)c(-c3c(C)nn(C)c3CO)c2n1C. The predicted molar refractivity (Wildman–Crippen MR) is 117 cm³/mol. The van der Waals surface area contributed by atoms with Gasteiger partial charge in [-0.1, -0.05) is 12.1 Å². The Morgan fingerprint density at radius 1 is 1.16 bits per heavy atom. The topological polar surface area (TPSA) is 95.6 Å². The first-order chi connectivity index (χ1) is 14.7. The number of ether oxygens (including phenoxy) is 2. The highest BCUT2D eigenvalue weighted by Crippen LogP contribution is 2.39. The van der Waals surface area contributed by atoms with E-state index in [-0.39, 0.29) is 19.2 Å². The van der Waals surface area contributed by atoms with Crippen LogP contribution in [-0.4, -0.2) is 45.1 Å². The molecular weight excluding hydrogens is 398 g/mol. The van der Waals surface area contributed by atoms with E-state index >= 15 is 0 Å². The normalized spacial score (nSPS) is 11.2. The Hall–Kier alpha value is -3.13. The van der Waals surface area contributed by atoms with E-state index in [0.29, 0.717) is 24.2 Å². The lowest BCUT2D eigenvalue weighted by molar-refractivity contribution is -0.141. The molecule has 0 unspecified atom stereocenters. The first-order valence-corrected chi connectivity index (χ1v) is 10.2. The largest absolute Gasteiger partial charge is 0.466 e. The molecule has 0 aliphatic rings. The van der Waals surface area contributed by atoms with Crippen molar-refractivity contribution >= 4 is 22.8 Å². The lowest BCUT2D eigenvalue weighted by atomic mass is 9.94. The molecule has 8 nitrogen and oxygen atoms in total. The van der Waals surface area contributed by atoms with E-state index in [0.717, 1.165) is 38.9 Å². The molecule has 1 aromatic carbocycles. The zero-order valence-corrected chi connectivity index (χ0v) is 18.9. The van der Waals surface area contributed by atoms with Crippen LogP contribution in [0.4, 0.5) is 0 Å². The Balaban J connectivity index is 2.28. The Bertz CT molecular complexity index is 1160. The van der Waals surface area contributed by atoms with E-state index in [4.69, 9.17) is 9.47 Å². The Labute approximate surface area is 181 Å². The van der Waals surface area contributed by atoms with Crippen LogP contribution in [0.15, 0.2) is 12.1 Å². The van der Waals surface area contributed by atoms with Gasteiger partial charge in [-0.15, -0.1) is 0 Å². The summed E-state index contributed by atoms with van der Waals surface area (Å²) >= 11 is 0. The molecule has 31 heavy (non-hydrogen) atoms. The maximum absolute atomic E-state index is 12.7. The third-order valence-electron chi connectivity index (χ3n) is 5.66. The zero-order chi connectivity index (χ0) is 22.9. The van der Waals surface area contributed by atoms with Gasteiger partial charge in [-0.3, -0.25) is 9.48 Å². The van der Waals surface area contributed by atoms with Crippen molar-refractivity contribution in [3.8, 4) is 11.1 Å². The fourth-order valence-corrected chi connectivity index (χ4v) is 4.33. The predicted octanol–water partition coefficient (Wildman–Crippen LogP) is 2.97. The molecule has 0 bridgehead atoms. The van der Waals surface area contributed by atoms with Gasteiger partial charge in [0.05, 0.1) is 37.2 Å². The molecule has 0 aliphatic heterocycles. The van der Waals surface area contributed by atoms with Crippen LogP contribution in [0.2, 0.25) is 0 Å². The molecule has 0 radical (unpaired) electrons. The van der Waals surface area contributed by atoms with Gasteiger partial charge in [0.25, 0.3) is 0 Å². The second-order valence-corrected chi connectivity index (χ2v) is 7.66. The van der Waals surface area contributed by atoms with Crippen molar-refractivity contribution in [3.05, 3.63) is 40.3 Å². The van der Waals surface area contributed by atoms with E-state index in [1.54, 1.807) is 4.68 Å². The van der Waals surface area contributed by atoms with Gasteiger partial charge in [-0.2, -0.15) is 5.10 Å². The summed E-state index contributed by atoms with van der Waals surface area (Å²) < 4.78 is 13.7. The van der Waals surface area contributed by atoms with Crippen LogP contribution in [-0.2, 0) is 41.4 Å². The van der Waals surface area contributed by atoms with Crippen LogP contribution in [0.1, 0.15) is 46.3 Å². The van der Waals surface area contributed by atoms with Crippen LogP contribution >= 0.6 is 0 Å². The molecule has 2 heterocycles. The Morgan fingerprint density at radius 3 is 2.48 bits per heavy atom. The molecule has 0 saturated carbocycles. The molecule has 1 N–H and O–H groups in total. The first-order valence-electron chi connectivity index (χ1n) is 10.2. The summed E-state index contributed by atoms with van der Waals surface area (Å²) in [6, 6.07) is 4.02. The zero-order valence-electron chi connectivity index (χ0n) is 18.9. The molecule has 8 heteroatoms. The molecule has 0 spiro atoms. The minimum absolute atomic E-state index is 0.147. The van der Waals surface area contributed by atoms with Crippen molar-refractivity contribution in [2.75, 3.05) is 13.7 Å². The van der Waals surface area contributed by atoms with Crippen LogP contribution in [0, 0.1) is 13.8 Å². The van der Waals surface area contributed by atoms with Gasteiger partial charge in [0.1, 0.15) is 5.69 Å². The van der Waals surface area contributed by atoms with Crippen LogP contribution in [0.5, 0.6) is 0 Å². The van der Waals surface area contributed by atoms with Gasteiger partial charge in [0.2, 0.25) is 0 Å². The fourth-order valence-electron chi connectivity index (χ4n) is 4.33. The number of methoxy groups -OCH3 is 1. The van der Waals surface area contributed by atoms with Crippen LogP contribution in [0.3, 0.4) is 0 Å². The molecule has 166 valence electrons. The maximum atomic E-state index is 12.7. The monoisotopic (exact) mass is 427 g/mol. The lowest BCUT2D eigenvalue weighted by Crippen LogP contribution is -2.11. The van der Waals surface area contributed by atoms with E-state index in [2.05, 4.69) is 5.10 Å². The number of hydrogen-bond acceptors (Lipinski definition) is 6. The van der Waals surface area contributed by atoms with E-state index in [1.165, 1.54) is 14.0 Å². The second kappa shape index (κ2) is 8.93. The summed E-state index contributed by atoms with van der Waals surface area (Å²) in [5.41, 5.74) is 6.55. The van der Waals surface area contributed by atoms with E-state index in [9.17, 15) is 14.7 Å². The summed E-state index contributed by atoms with van der Waals surface area (Å²) in [4.78, 5) is 23.8. The molecule has 0 aliphatic carbocycles. The third-order valence-corrected chi connectivity index (χ3v) is 5.66. The molecule has 2 aromatic heterocycles. The van der Waals surface area contributed by atoms with Gasteiger partial charge in [-0.25, -0.2) is 4.79 Å². The second-order valence-electron chi connectivity index (χ2n) is 7.66. The quantitative estimate of drug-likeness (QED) is 0.460. The summed E-state index contributed by atoms with van der Waals surface area (Å²) in [5.74, 6) is -0.748. The van der Waals surface area contributed by atoms with Crippen molar-refractivity contribution in [3.63, 3.8) is 0 Å². The van der Waals surface area contributed by atoms with Crippen molar-refractivity contribution in [2.24, 2.45) is 14.1 Å². The smallest absolute Gasteiger partial charge is 0.354 e. The molecular formula is C23H29N3O5. The number of carbonyl (C=O) groups excluding carboxylic acids is 2. The fraction of sp³-hybridized carbons (Fsp3) is 0.435. The Morgan fingerprint density at radius 2 is 1.87 bits per heavy atom. The maximum Gasteiger partial charge on any atom is 0.354 e. The average molecular weight is 428 g/mol. The minimum Gasteiger partial charge on any atom is -0.466 e. The summed E-state index contributed by atoms with van der Waals surface area (Å²) in [5, 5.41) is 15.4. The summed E-state index contributed by atoms with van der Waals surface area (Å²) in [6.07, 6.45) is 1.14. The number of nitrogens with zero attached hydrogens (tertiary/aromatic N) is 3. The highest BCUT2D eigenvalue weighted by Gasteiger charge is 2.26. The van der Waals surface area contributed by atoms with Crippen LogP contribution in [0.25, 0.3) is 22.0 Å². The molecule has 0 fully saturated rings. The molecule has 0 saturated heterocycles. The highest BCUT2D eigenvalue weighted by molar-refractivity contribution is 6.05. The number of aliphatic hydroxyl groups excluding tert-OH is 1. The van der Waals surface area contributed by atoms with Crippen molar-refractivity contribution < 1.29 is 24.2 Å². The number of fused-ring (bicyclic) bond motifs is 1. The number of carbonyl (C=O) groups is 2.